The van der Waals surface area contributed by atoms with Crippen molar-refractivity contribution in [2.24, 2.45) is 7.05 Å². The minimum Gasteiger partial charge on any atom is -0.330 e. The van der Waals surface area contributed by atoms with E-state index in [4.69, 9.17) is 4.98 Å². The van der Waals surface area contributed by atoms with Gasteiger partial charge in [-0.25, -0.2) is 4.98 Å². The first-order valence-electron chi connectivity index (χ1n) is 11.9. The van der Waals surface area contributed by atoms with Gasteiger partial charge in [0.05, 0.1) is 11.4 Å². The van der Waals surface area contributed by atoms with Crippen LogP contribution in [0.3, 0.4) is 0 Å². The van der Waals surface area contributed by atoms with E-state index in [1.807, 2.05) is 0 Å². The van der Waals surface area contributed by atoms with E-state index in [0.29, 0.717) is 0 Å². The van der Waals surface area contributed by atoms with Crippen molar-refractivity contribution in [3.8, 4) is 22.5 Å². The van der Waals surface area contributed by atoms with E-state index in [1.54, 1.807) is 0 Å². The Morgan fingerprint density at radius 2 is 1.52 bits per heavy atom. The van der Waals surface area contributed by atoms with E-state index in [1.165, 1.54) is 39.2 Å². The molecule has 168 valence electrons. The van der Waals surface area contributed by atoms with Crippen molar-refractivity contribution in [1.82, 2.24) is 14.5 Å². The van der Waals surface area contributed by atoms with Crippen LogP contribution in [0.5, 0.6) is 0 Å². The van der Waals surface area contributed by atoms with E-state index < -0.39 is 0 Å². The van der Waals surface area contributed by atoms with Gasteiger partial charge in [0.25, 0.3) is 0 Å². The van der Waals surface area contributed by atoms with Gasteiger partial charge in [-0.2, -0.15) is 0 Å². The molecular formula is C30H33N3. The van der Waals surface area contributed by atoms with Crippen LogP contribution in [0.4, 0.5) is 0 Å². The normalized spacial score (nSPS) is 14.3. The van der Waals surface area contributed by atoms with Crippen LogP contribution >= 0.6 is 0 Å². The molecule has 1 aliphatic rings. The van der Waals surface area contributed by atoms with Gasteiger partial charge in [-0.3, -0.25) is 4.90 Å². The second kappa shape index (κ2) is 8.64. The number of rotatable bonds is 4. The van der Waals surface area contributed by atoms with Crippen molar-refractivity contribution in [1.29, 1.82) is 0 Å². The van der Waals surface area contributed by atoms with Crippen LogP contribution in [0.2, 0.25) is 0 Å². The summed E-state index contributed by atoms with van der Waals surface area (Å²) in [7, 11) is 2.17. The molecule has 3 heteroatoms. The fraction of sp³-hybridized carbons (Fsp3) is 0.300. The van der Waals surface area contributed by atoms with Gasteiger partial charge < -0.3 is 4.57 Å². The third-order valence-corrected chi connectivity index (χ3v) is 6.84. The summed E-state index contributed by atoms with van der Waals surface area (Å²) in [5.41, 5.74) is 9.30. The van der Waals surface area contributed by atoms with Crippen LogP contribution in [0, 0.1) is 0 Å². The standard InChI is InChI=1S/C30H33N3/c1-30(2,3)25-16-14-23(15-17-25)29-31-27-18-19-33(21-28(27)32(29)4)20-24-12-8-9-13-26(24)22-10-6-5-7-11-22/h5-17H,18-21H2,1-4H3. The number of fused-ring (bicyclic) bond motifs is 1. The summed E-state index contributed by atoms with van der Waals surface area (Å²) in [4.78, 5) is 7.61. The lowest BCUT2D eigenvalue weighted by Crippen LogP contribution is -2.31. The molecule has 0 saturated heterocycles. The largest absolute Gasteiger partial charge is 0.330 e. The fourth-order valence-electron chi connectivity index (χ4n) is 4.85. The minimum absolute atomic E-state index is 0.163. The predicted molar refractivity (Wildman–Crippen MR) is 137 cm³/mol. The molecule has 0 N–H and O–H groups in total. The van der Waals surface area contributed by atoms with Gasteiger partial charge in [0, 0.05) is 38.7 Å². The summed E-state index contributed by atoms with van der Waals surface area (Å²) in [6.45, 7) is 9.69. The number of hydrogen-bond donors (Lipinski definition) is 0. The lowest BCUT2D eigenvalue weighted by atomic mass is 9.87. The number of aromatic nitrogens is 2. The molecule has 3 aromatic carbocycles. The van der Waals surface area contributed by atoms with Crippen LogP contribution in [0.15, 0.2) is 78.9 Å². The zero-order chi connectivity index (χ0) is 23.0. The Morgan fingerprint density at radius 3 is 2.24 bits per heavy atom. The number of benzene rings is 3. The highest BCUT2D eigenvalue weighted by molar-refractivity contribution is 5.67. The number of imidazole rings is 1. The van der Waals surface area contributed by atoms with E-state index in [2.05, 4.69) is 116 Å². The molecule has 0 fully saturated rings. The zero-order valence-corrected chi connectivity index (χ0v) is 20.2. The molecule has 0 amide bonds. The first kappa shape index (κ1) is 21.7. The van der Waals surface area contributed by atoms with Crippen molar-refractivity contribution in [2.75, 3.05) is 6.54 Å². The van der Waals surface area contributed by atoms with E-state index >= 15 is 0 Å². The highest BCUT2D eigenvalue weighted by Crippen LogP contribution is 2.30. The Morgan fingerprint density at radius 1 is 0.818 bits per heavy atom. The maximum absolute atomic E-state index is 5.06. The highest BCUT2D eigenvalue weighted by Gasteiger charge is 2.24. The number of nitrogens with zero attached hydrogens (tertiary/aromatic N) is 3. The SMILES string of the molecule is Cn1c(-c2ccc(C(C)(C)C)cc2)nc2c1CN(Cc1ccccc1-c1ccccc1)CC2. The molecule has 33 heavy (non-hydrogen) atoms. The van der Waals surface area contributed by atoms with Gasteiger partial charge in [0.15, 0.2) is 0 Å². The Balaban J connectivity index is 1.38. The van der Waals surface area contributed by atoms with Crippen molar-refractivity contribution in [2.45, 2.75) is 45.7 Å². The summed E-state index contributed by atoms with van der Waals surface area (Å²) < 4.78 is 2.30. The lowest BCUT2D eigenvalue weighted by molar-refractivity contribution is 0.238. The van der Waals surface area contributed by atoms with Gasteiger partial charge in [0.2, 0.25) is 0 Å². The maximum Gasteiger partial charge on any atom is 0.140 e. The molecule has 3 nitrogen and oxygen atoms in total. The quantitative estimate of drug-likeness (QED) is 0.360. The third kappa shape index (κ3) is 4.38. The van der Waals surface area contributed by atoms with Crippen molar-refractivity contribution in [3.05, 3.63) is 101 Å². The second-order valence-corrected chi connectivity index (χ2v) is 10.2. The van der Waals surface area contributed by atoms with E-state index in [9.17, 15) is 0 Å². The van der Waals surface area contributed by atoms with Gasteiger partial charge in [0.1, 0.15) is 5.82 Å². The molecule has 0 unspecified atom stereocenters. The predicted octanol–water partition coefficient (Wildman–Crippen LogP) is 6.61. The highest BCUT2D eigenvalue weighted by atomic mass is 15.2. The smallest absolute Gasteiger partial charge is 0.140 e. The fourth-order valence-corrected chi connectivity index (χ4v) is 4.85. The van der Waals surface area contributed by atoms with Crippen LogP contribution in [-0.2, 0) is 32.0 Å². The third-order valence-electron chi connectivity index (χ3n) is 6.84. The topological polar surface area (TPSA) is 21.1 Å². The monoisotopic (exact) mass is 435 g/mol. The lowest BCUT2D eigenvalue weighted by Gasteiger charge is -2.28. The van der Waals surface area contributed by atoms with Crippen LogP contribution in [-0.4, -0.2) is 21.0 Å². The molecule has 1 aliphatic heterocycles. The molecule has 4 aromatic rings. The zero-order valence-electron chi connectivity index (χ0n) is 20.2. The van der Waals surface area contributed by atoms with Crippen molar-refractivity contribution >= 4 is 0 Å². The van der Waals surface area contributed by atoms with Crippen LogP contribution < -0.4 is 0 Å². The molecule has 0 saturated carbocycles. The molecule has 5 rings (SSSR count). The molecule has 0 aliphatic carbocycles. The molecule has 0 radical (unpaired) electrons. The average Bonchev–Trinajstić information content (AvgIpc) is 3.15. The van der Waals surface area contributed by atoms with Gasteiger partial charge in [-0.05, 0) is 27.7 Å². The van der Waals surface area contributed by atoms with Crippen molar-refractivity contribution < 1.29 is 0 Å². The van der Waals surface area contributed by atoms with Gasteiger partial charge in [-0.15, -0.1) is 0 Å². The minimum atomic E-state index is 0.163. The summed E-state index contributed by atoms with van der Waals surface area (Å²) in [6.07, 6.45) is 0.997. The van der Waals surface area contributed by atoms with Gasteiger partial charge >= 0.3 is 0 Å². The average molecular weight is 436 g/mol. The number of hydrogen-bond acceptors (Lipinski definition) is 2. The van der Waals surface area contributed by atoms with Crippen LogP contribution in [0.25, 0.3) is 22.5 Å². The Labute approximate surface area is 197 Å². The summed E-state index contributed by atoms with van der Waals surface area (Å²) >= 11 is 0. The first-order valence-corrected chi connectivity index (χ1v) is 11.9. The molecule has 0 spiro atoms. The molecule has 0 bridgehead atoms. The Bertz CT molecular complexity index is 1240. The maximum atomic E-state index is 5.06. The summed E-state index contributed by atoms with van der Waals surface area (Å²) in [5.74, 6) is 1.08. The molecule has 0 atom stereocenters. The molecular weight excluding hydrogens is 402 g/mol. The van der Waals surface area contributed by atoms with Crippen molar-refractivity contribution in [3.63, 3.8) is 0 Å². The summed E-state index contributed by atoms with van der Waals surface area (Å²) in [5, 5.41) is 0. The Kier molecular flexibility index (Phi) is 5.67. The van der Waals surface area contributed by atoms with Crippen LogP contribution in [0.1, 0.15) is 43.3 Å². The van der Waals surface area contributed by atoms with Gasteiger partial charge in [-0.1, -0.05) is 99.6 Å². The first-order chi connectivity index (χ1) is 15.9. The molecule has 1 aromatic heterocycles. The van der Waals surface area contributed by atoms with E-state index in [0.717, 1.165) is 31.9 Å². The molecule has 2 heterocycles. The Hall–Kier alpha value is -3.17. The van der Waals surface area contributed by atoms with E-state index in [-0.39, 0.29) is 5.41 Å². The second-order valence-electron chi connectivity index (χ2n) is 10.2. The summed E-state index contributed by atoms with van der Waals surface area (Å²) in [6, 6.07) is 28.4.